The molecule has 1 aliphatic rings. The summed E-state index contributed by atoms with van der Waals surface area (Å²) in [5.74, 6) is -1.54. The maximum Gasteiger partial charge on any atom is 0.307 e. The molecule has 104 valence electrons. The van der Waals surface area contributed by atoms with Crippen LogP contribution in [0.1, 0.15) is 30.9 Å². The Morgan fingerprint density at radius 1 is 1.37 bits per heavy atom. The molecule has 1 heterocycles. The minimum atomic E-state index is -0.914. The Bertz CT molecular complexity index is 513. The number of hydrogen-bond acceptors (Lipinski definition) is 4. The Morgan fingerprint density at radius 3 is 2.42 bits per heavy atom. The molecule has 0 unspecified atom stereocenters. The summed E-state index contributed by atoms with van der Waals surface area (Å²) >= 11 is 0. The lowest BCUT2D eigenvalue weighted by atomic mass is 10.1. The molecule has 6 nitrogen and oxygen atoms in total. The van der Waals surface area contributed by atoms with Crippen molar-refractivity contribution in [1.82, 2.24) is 10.5 Å². The van der Waals surface area contributed by atoms with Crippen molar-refractivity contribution in [3.8, 4) is 0 Å². The van der Waals surface area contributed by atoms with Crippen molar-refractivity contribution in [3.63, 3.8) is 0 Å². The second kappa shape index (κ2) is 4.36. The summed E-state index contributed by atoms with van der Waals surface area (Å²) in [6, 6.07) is 0. The van der Waals surface area contributed by atoms with Crippen LogP contribution >= 0.6 is 0 Å². The molecule has 6 heteroatoms. The van der Waals surface area contributed by atoms with Crippen molar-refractivity contribution >= 4 is 11.9 Å². The van der Waals surface area contributed by atoms with Gasteiger partial charge < -0.3 is 14.9 Å². The van der Waals surface area contributed by atoms with Crippen LogP contribution in [0, 0.1) is 31.1 Å². The van der Waals surface area contributed by atoms with Crippen LogP contribution in [0.3, 0.4) is 0 Å². The van der Waals surface area contributed by atoms with Crippen molar-refractivity contribution in [2.75, 3.05) is 0 Å². The Labute approximate surface area is 111 Å². The fourth-order valence-electron chi connectivity index (χ4n) is 2.63. The zero-order valence-corrected chi connectivity index (χ0v) is 11.5. The standard InChI is InChI=1S/C13H18N2O4/c1-6-8(7(2)19-15-6)5-14-11(16)9-10(12(17)18)13(9,3)4/h9-10H,5H2,1-4H3,(H,14,16)(H,17,18)/t9-,10+/m1/s1. The maximum absolute atomic E-state index is 12.0. The number of nitrogens with one attached hydrogen (secondary N) is 1. The van der Waals surface area contributed by atoms with Gasteiger partial charge in [-0.2, -0.15) is 0 Å². The topological polar surface area (TPSA) is 92.4 Å². The van der Waals surface area contributed by atoms with Gasteiger partial charge in [0, 0.05) is 12.1 Å². The molecule has 1 aliphatic carbocycles. The number of amides is 1. The van der Waals surface area contributed by atoms with Crippen LogP contribution < -0.4 is 5.32 Å². The molecule has 1 amide bonds. The highest BCUT2D eigenvalue weighted by atomic mass is 16.5. The molecule has 0 saturated heterocycles. The minimum absolute atomic E-state index is 0.225. The summed E-state index contributed by atoms with van der Waals surface area (Å²) in [5, 5.41) is 15.6. The Hall–Kier alpha value is -1.85. The number of carbonyl (C=O) groups is 2. The Kier molecular flexibility index (Phi) is 3.12. The summed E-state index contributed by atoms with van der Waals surface area (Å²) in [4.78, 5) is 23.1. The predicted molar refractivity (Wildman–Crippen MR) is 66.2 cm³/mol. The summed E-state index contributed by atoms with van der Waals surface area (Å²) in [5.41, 5.74) is 1.11. The van der Waals surface area contributed by atoms with Gasteiger partial charge in [-0.3, -0.25) is 9.59 Å². The van der Waals surface area contributed by atoms with Gasteiger partial charge in [0.15, 0.2) is 0 Å². The van der Waals surface area contributed by atoms with Crippen LogP contribution in [0.25, 0.3) is 0 Å². The number of carbonyl (C=O) groups excluding carboxylic acids is 1. The largest absolute Gasteiger partial charge is 0.481 e. The molecule has 19 heavy (non-hydrogen) atoms. The Balaban J connectivity index is 1.99. The third kappa shape index (κ3) is 2.22. The molecule has 1 aromatic rings. The third-order valence-corrected chi connectivity index (χ3v) is 4.00. The SMILES string of the molecule is Cc1noc(C)c1CNC(=O)[C@H]1[C@@H](C(=O)O)C1(C)C. The van der Waals surface area contributed by atoms with E-state index in [9.17, 15) is 9.59 Å². The van der Waals surface area contributed by atoms with Crippen LogP contribution in [0.5, 0.6) is 0 Å². The molecule has 0 bridgehead atoms. The van der Waals surface area contributed by atoms with Crippen LogP contribution in [-0.2, 0) is 16.1 Å². The van der Waals surface area contributed by atoms with E-state index in [-0.39, 0.29) is 5.91 Å². The number of aromatic nitrogens is 1. The van der Waals surface area contributed by atoms with E-state index < -0.39 is 23.2 Å². The second-order valence-electron chi connectivity index (χ2n) is 5.64. The average Bonchev–Trinajstić information content (AvgIpc) is 2.75. The number of hydrogen-bond donors (Lipinski definition) is 2. The van der Waals surface area contributed by atoms with E-state index in [1.807, 2.05) is 0 Å². The van der Waals surface area contributed by atoms with Crippen LogP contribution in [0.4, 0.5) is 0 Å². The molecular weight excluding hydrogens is 248 g/mol. The summed E-state index contributed by atoms with van der Waals surface area (Å²) in [7, 11) is 0. The first-order valence-corrected chi connectivity index (χ1v) is 6.19. The zero-order valence-electron chi connectivity index (χ0n) is 11.5. The van der Waals surface area contributed by atoms with Gasteiger partial charge >= 0.3 is 5.97 Å². The fraction of sp³-hybridized carbons (Fsp3) is 0.615. The molecule has 0 spiro atoms. The number of rotatable bonds is 4. The lowest BCUT2D eigenvalue weighted by Gasteiger charge is -2.05. The van der Waals surface area contributed by atoms with Gasteiger partial charge in [-0.25, -0.2) is 0 Å². The van der Waals surface area contributed by atoms with E-state index in [2.05, 4.69) is 10.5 Å². The molecule has 2 N–H and O–H groups in total. The average molecular weight is 266 g/mol. The third-order valence-electron chi connectivity index (χ3n) is 4.00. The maximum atomic E-state index is 12.0. The smallest absolute Gasteiger partial charge is 0.307 e. The van der Waals surface area contributed by atoms with Crippen molar-refractivity contribution in [2.24, 2.45) is 17.3 Å². The number of aryl methyl sites for hydroxylation is 2. The monoisotopic (exact) mass is 266 g/mol. The summed E-state index contributed by atoms with van der Waals surface area (Å²) < 4.78 is 5.01. The van der Waals surface area contributed by atoms with Gasteiger partial charge in [-0.05, 0) is 19.3 Å². The molecular formula is C13H18N2O4. The molecule has 2 atom stereocenters. The highest BCUT2D eigenvalue weighted by molar-refractivity contribution is 5.91. The first-order chi connectivity index (χ1) is 8.76. The van der Waals surface area contributed by atoms with Crippen molar-refractivity contribution < 1.29 is 19.2 Å². The number of carboxylic acids is 1. The van der Waals surface area contributed by atoms with Gasteiger partial charge in [-0.1, -0.05) is 19.0 Å². The number of nitrogens with zero attached hydrogens (tertiary/aromatic N) is 1. The number of aliphatic carboxylic acids is 1. The predicted octanol–water partition coefficient (Wildman–Crippen LogP) is 1.26. The van der Waals surface area contributed by atoms with E-state index in [4.69, 9.17) is 9.63 Å². The van der Waals surface area contributed by atoms with Gasteiger partial charge in [-0.15, -0.1) is 0 Å². The highest BCUT2D eigenvalue weighted by Gasteiger charge is 2.65. The van der Waals surface area contributed by atoms with Crippen LogP contribution in [0.15, 0.2) is 4.52 Å². The van der Waals surface area contributed by atoms with Crippen LogP contribution in [-0.4, -0.2) is 22.1 Å². The van der Waals surface area contributed by atoms with Gasteiger partial charge in [0.05, 0.1) is 17.5 Å². The molecule has 0 aliphatic heterocycles. The van der Waals surface area contributed by atoms with Crippen molar-refractivity contribution in [1.29, 1.82) is 0 Å². The van der Waals surface area contributed by atoms with Gasteiger partial charge in [0.25, 0.3) is 0 Å². The minimum Gasteiger partial charge on any atom is -0.481 e. The number of carboxylic acid groups (broad SMARTS) is 1. The second-order valence-corrected chi connectivity index (χ2v) is 5.64. The molecule has 0 aromatic carbocycles. The normalized spacial score (nSPS) is 24.0. The van der Waals surface area contributed by atoms with E-state index in [1.165, 1.54) is 0 Å². The van der Waals surface area contributed by atoms with Gasteiger partial charge in [0.1, 0.15) is 5.76 Å². The fourth-order valence-corrected chi connectivity index (χ4v) is 2.63. The molecule has 1 aromatic heterocycles. The zero-order chi connectivity index (χ0) is 14.4. The molecule has 1 saturated carbocycles. The first-order valence-electron chi connectivity index (χ1n) is 6.19. The highest BCUT2D eigenvalue weighted by Crippen LogP contribution is 2.58. The quantitative estimate of drug-likeness (QED) is 0.856. The summed E-state index contributed by atoms with van der Waals surface area (Å²) in [6.45, 7) is 7.50. The van der Waals surface area contributed by atoms with Gasteiger partial charge in [0.2, 0.25) is 5.91 Å². The molecule has 0 radical (unpaired) electrons. The van der Waals surface area contributed by atoms with Crippen molar-refractivity contribution in [3.05, 3.63) is 17.0 Å². The lowest BCUT2D eigenvalue weighted by molar-refractivity contribution is -0.140. The van der Waals surface area contributed by atoms with E-state index >= 15 is 0 Å². The van der Waals surface area contributed by atoms with E-state index in [0.29, 0.717) is 12.3 Å². The first kappa shape index (κ1) is 13.6. The van der Waals surface area contributed by atoms with Crippen LogP contribution in [0.2, 0.25) is 0 Å². The molecule has 1 fully saturated rings. The van der Waals surface area contributed by atoms with Crippen molar-refractivity contribution in [2.45, 2.75) is 34.2 Å². The lowest BCUT2D eigenvalue weighted by Crippen LogP contribution is -2.27. The van der Waals surface area contributed by atoms with E-state index in [0.717, 1.165) is 11.3 Å². The Morgan fingerprint density at radius 2 is 2.00 bits per heavy atom. The molecule has 2 rings (SSSR count). The summed E-state index contributed by atoms with van der Waals surface area (Å²) in [6.07, 6.45) is 0. The van der Waals surface area contributed by atoms with E-state index in [1.54, 1.807) is 27.7 Å².